The Balaban J connectivity index is 1.89. The smallest absolute Gasteiger partial charge is 0.160 e. The van der Waals surface area contributed by atoms with Crippen LogP contribution in [0.3, 0.4) is 0 Å². The van der Waals surface area contributed by atoms with E-state index in [1.807, 2.05) is 6.07 Å². The van der Waals surface area contributed by atoms with Gasteiger partial charge in [-0.1, -0.05) is 42.5 Å². The van der Waals surface area contributed by atoms with Crippen molar-refractivity contribution in [3.63, 3.8) is 0 Å². The van der Waals surface area contributed by atoms with Gasteiger partial charge >= 0.3 is 0 Å². The molecule has 126 valence electrons. The first-order valence-electron chi connectivity index (χ1n) is 8.99. The van der Waals surface area contributed by atoms with Gasteiger partial charge in [-0.25, -0.2) is 0 Å². The second kappa shape index (κ2) is 4.73. The largest absolute Gasteiger partial charge is 0.454 e. The van der Waals surface area contributed by atoms with Gasteiger partial charge in [0.25, 0.3) is 0 Å². The molecule has 3 aromatic heterocycles. The van der Waals surface area contributed by atoms with Gasteiger partial charge in [0.1, 0.15) is 5.58 Å². The topological polar surface area (TPSA) is 17.6 Å². The fraction of sp³-hybridized carbons (Fsp3) is 0. The van der Waals surface area contributed by atoms with Crippen LogP contribution in [0, 0.1) is 3.57 Å². The van der Waals surface area contributed by atoms with E-state index in [-0.39, 0.29) is 0 Å². The Morgan fingerprint density at radius 2 is 1.37 bits per heavy atom. The first-order valence-corrected chi connectivity index (χ1v) is 10.1. The lowest BCUT2D eigenvalue weighted by Gasteiger charge is -1.99. The Morgan fingerprint density at radius 1 is 0.630 bits per heavy atom. The minimum absolute atomic E-state index is 0.944. The van der Waals surface area contributed by atoms with Crippen LogP contribution in [0.2, 0.25) is 0 Å². The van der Waals surface area contributed by atoms with Crippen LogP contribution in [0.1, 0.15) is 0 Å². The van der Waals surface area contributed by atoms with Gasteiger partial charge in [-0.05, 0) is 52.9 Å². The second-order valence-corrected chi connectivity index (χ2v) is 8.38. The van der Waals surface area contributed by atoms with Crippen LogP contribution in [-0.4, -0.2) is 4.40 Å². The molecule has 0 atom stereocenters. The minimum atomic E-state index is 0.944. The zero-order chi connectivity index (χ0) is 17.7. The average Bonchev–Trinajstić information content (AvgIpc) is 3.33. The maximum Gasteiger partial charge on any atom is 0.160 e. The van der Waals surface area contributed by atoms with E-state index in [9.17, 15) is 0 Å². The summed E-state index contributed by atoms with van der Waals surface area (Å²) in [4.78, 5) is 0. The van der Waals surface area contributed by atoms with Crippen molar-refractivity contribution in [1.29, 1.82) is 0 Å². The quantitative estimate of drug-likeness (QED) is 0.218. The normalized spacial score (nSPS) is 12.6. The van der Waals surface area contributed by atoms with Crippen molar-refractivity contribution in [3.8, 4) is 0 Å². The molecule has 0 N–H and O–H groups in total. The third-order valence-electron chi connectivity index (χ3n) is 5.78. The lowest BCUT2D eigenvalue weighted by Crippen LogP contribution is -1.81. The fourth-order valence-corrected chi connectivity index (χ4v) is 5.20. The van der Waals surface area contributed by atoms with Gasteiger partial charge in [-0.15, -0.1) is 0 Å². The van der Waals surface area contributed by atoms with Gasteiger partial charge < -0.3 is 8.82 Å². The van der Waals surface area contributed by atoms with Gasteiger partial charge in [0.05, 0.1) is 16.6 Å². The number of hydrogen-bond acceptors (Lipinski definition) is 1. The molecule has 3 heterocycles. The summed E-state index contributed by atoms with van der Waals surface area (Å²) in [5, 5.41) is 7.50. The van der Waals surface area contributed by atoms with E-state index in [4.69, 9.17) is 4.42 Å². The first kappa shape index (κ1) is 14.3. The molecular formula is C24H12INO. The fourth-order valence-electron chi connectivity index (χ4n) is 4.70. The molecule has 0 fully saturated rings. The SMILES string of the molecule is Ic1ccc2c(c1)c1cccc3c4ccc5c6ccccc6oc5c4n2c13. The van der Waals surface area contributed by atoms with Crippen molar-refractivity contribution < 1.29 is 4.42 Å². The number of furan rings is 1. The maximum absolute atomic E-state index is 6.38. The monoisotopic (exact) mass is 457 g/mol. The minimum Gasteiger partial charge on any atom is -0.454 e. The van der Waals surface area contributed by atoms with Crippen LogP contribution < -0.4 is 0 Å². The number of rotatable bonds is 0. The van der Waals surface area contributed by atoms with Crippen molar-refractivity contribution in [2.75, 3.05) is 0 Å². The van der Waals surface area contributed by atoms with Crippen LogP contribution in [0.25, 0.3) is 60.0 Å². The summed E-state index contributed by atoms with van der Waals surface area (Å²) >= 11 is 2.39. The predicted octanol–water partition coefficient (Wildman–Crippen LogP) is 7.34. The van der Waals surface area contributed by atoms with Crippen LogP contribution >= 0.6 is 22.6 Å². The molecule has 7 rings (SSSR count). The summed E-state index contributed by atoms with van der Waals surface area (Å²) in [7, 11) is 0. The molecule has 27 heavy (non-hydrogen) atoms. The molecule has 4 aromatic carbocycles. The van der Waals surface area contributed by atoms with E-state index in [1.54, 1.807) is 0 Å². The molecule has 2 nitrogen and oxygen atoms in total. The van der Waals surface area contributed by atoms with Crippen LogP contribution in [0.15, 0.2) is 77.2 Å². The molecule has 0 aliphatic rings. The maximum atomic E-state index is 6.38. The highest BCUT2D eigenvalue weighted by atomic mass is 127. The highest BCUT2D eigenvalue weighted by Gasteiger charge is 2.21. The Labute approximate surface area is 167 Å². The molecule has 0 amide bonds. The molecule has 0 unspecified atom stereocenters. The van der Waals surface area contributed by atoms with E-state index in [2.05, 4.69) is 93.7 Å². The lowest BCUT2D eigenvalue weighted by molar-refractivity contribution is 0.671. The Morgan fingerprint density at radius 3 is 2.30 bits per heavy atom. The zero-order valence-electron chi connectivity index (χ0n) is 14.2. The number of para-hydroxylation sites is 2. The number of fused-ring (bicyclic) bond motifs is 10. The van der Waals surface area contributed by atoms with Gasteiger partial charge in [0.2, 0.25) is 0 Å². The van der Waals surface area contributed by atoms with Crippen molar-refractivity contribution >= 4 is 82.6 Å². The van der Waals surface area contributed by atoms with Crippen molar-refractivity contribution in [1.82, 2.24) is 4.40 Å². The Kier molecular flexibility index (Phi) is 2.50. The molecule has 0 aliphatic heterocycles. The van der Waals surface area contributed by atoms with Gasteiger partial charge in [0, 0.05) is 35.9 Å². The van der Waals surface area contributed by atoms with Crippen LogP contribution in [0.5, 0.6) is 0 Å². The molecule has 0 aliphatic carbocycles. The van der Waals surface area contributed by atoms with E-state index in [0.29, 0.717) is 0 Å². The number of aromatic nitrogens is 1. The lowest BCUT2D eigenvalue weighted by atomic mass is 10.1. The third kappa shape index (κ3) is 1.62. The van der Waals surface area contributed by atoms with Crippen molar-refractivity contribution in [3.05, 3.63) is 76.4 Å². The molecule has 0 saturated carbocycles. The number of nitrogens with zero attached hydrogens (tertiary/aromatic N) is 1. The molecule has 0 radical (unpaired) electrons. The van der Waals surface area contributed by atoms with Gasteiger partial charge in [-0.3, -0.25) is 0 Å². The molecule has 7 aromatic rings. The van der Waals surface area contributed by atoms with Gasteiger partial charge in [-0.2, -0.15) is 0 Å². The summed E-state index contributed by atoms with van der Waals surface area (Å²) in [5.41, 5.74) is 5.62. The van der Waals surface area contributed by atoms with Crippen LogP contribution in [-0.2, 0) is 0 Å². The van der Waals surface area contributed by atoms with E-state index in [0.717, 1.165) is 11.2 Å². The standard InChI is InChI=1S/C24H12INO/c25-13-8-11-20-19(12-13)16-6-3-5-15-17-9-10-18-14-4-1-2-7-21(14)27-24(18)23(17)26(20)22(15)16/h1-12H. The summed E-state index contributed by atoms with van der Waals surface area (Å²) < 4.78 is 10.0. The predicted molar refractivity (Wildman–Crippen MR) is 121 cm³/mol. The Bertz CT molecular complexity index is 1690. The zero-order valence-corrected chi connectivity index (χ0v) is 16.3. The summed E-state index contributed by atoms with van der Waals surface area (Å²) in [6.45, 7) is 0. The van der Waals surface area contributed by atoms with E-state index < -0.39 is 0 Å². The molecule has 0 spiro atoms. The average molecular weight is 457 g/mol. The molecule has 0 bridgehead atoms. The van der Waals surface area contributed by atoms with Crippen molar-refractivity contribution in [2.45, 2.75) is 0 Å². The molecular weight excluding hydrogens is 445 g/mol. The summed E-state index contributed by atoms with van der Waals surface area (Å²) in [6.07, 6.45) is 0. The van der Waals surface area contributed by atoms with Gasteiger partial charge in [0.15, 0.2) is 5.58 Å². The Hall–Kier alpha value is -2.79. The number of benzene rings is 4. The number of halogens is 1. The second-order valence-electron chi connectivity index (χ2n) is 7.14. The highest BCUT2D eigenvalue weighted by molar-refractivity contribution is 14.1. The first-order chi connectivity index (χ1) is 13.3. The molecule has 3 heteroatoms. The molecule has 0 saturated heterocycles. The highest BCUT2D eigenvalue weighted by Crippen LogP contribution is 2.43. The summed E-state index contributed by atoms with van der Waals surface area (Å²) in [5.74, 6) is 0. The van der Waals surface area contributed by atoms with Crippen LogP contribution in [0.4, 0.5) is 0 Å². The van der Waals surface area contributed by atoms with Crippen molar-refractivity contribution in [2.24, 2.45) is 0 Å². The summed E-state index contributed by atoms with van der Waals surface area (Å²) in [6, 6.07) is 26.1. The van der Waals surface area contributed by atoms with E-state index >= 15 is 0 Å². The third-order valence-corrected chi connectivity index (χ3v) is 6.45. The number of hydrogen-bond donors (Lipinski definition) is 0. The van der Waals surface area contributed by atoms with E-state index in [1.165, 1.54) is 52.4 Å².